The lowest BCUT2D eigenvalue weighted by molar-refractivity contribution is -0.166. The molecular weight excluding hydrogens is 877 g/mol. The van der Waals surface area contributed by atoms with Crippen molar-refractivity contribution in [1.82, 2.24) is 0 Å². The summed E-state index contributed by atoms with van der Waals surface area (Å²) < 4.78 is 16.8. The second-order valence-corrected chi connectivity index (χ2v) is 21.0. The molecule has 0 heterocycles. The van der Waals surface area contributed by atoms with Crippen LogP contribution in [0, 0.1) is 0 Å². The van der Waals surface area contributed by atoms with Gasteiger partial charge in [-0.05, 0) is 44.9 Å². The Morgan fingerprint density at radius 1 is 0.296 bits per heavy atom. The van der Waals surface area contributed by atoms with E-state index in [-0.39, 0.29) is 37.5 Å². The number of esters is 3. The predicted molar refractivity (Wildman–Crippen MR) is 307 cm³/mol. The minimum absolute atomic E-state index is 0.0976. The smallest absolute Gasteiger partial charge is 0.306 e. The Hall–Kier alpha value is -2.63. The van der Waals surface area contributed by atoms with Crippen LogP contribution < -0.4 is 0 Å². The summed E-state index contributed by atoms with van der Waals surface area (Å²) in [4.78, 5) is 38.0. The SMILES string of the molecule is CC/C=C\C/C=C\C/C=C\C/C=C\CCC(=O)OC(COC(=O)CCCCCCCCCCCC)COC(=O)CCCCCCCCCCCCCCCCCCCCCCCCCCCCCCCC. The summed E-state index contributed by atoms with van der Waals surface area (Å²) in [6, 6.07) is 0. The zero-order valence-corrected chi connectivity index (χ0v) is 47.5. The average molecular weight is 996 g/mol. The lowest BCUT2D eigenvalue weighted by atomic mass is 10.0. The van der Waals surface area contributed by atoms with Crippen LogP contribution in [0.25, 0.3) is 0 Å². The molecule has 1 unspecified atom stereocenters. The van der Waals surface area contributed by atoms with Gasteiger partial charge in [-0.2, -0.15) is 0 Å². The van der Waals surface area contributed by atoms with E-state index in [0.717, 1.165) is 64.2 Å². The number of carbonyl (C=O) groups is 3. The third-order valence-corrected chi connectivity index (χ3v) is 13.9. The van der Waals surface area contributed by atoms with E-state index in [1.165, 1.54) is 218 Å². The van der Waals surface area contributed by atoms with E-state index in [9.17, 15) is 14.4 Å². The molecule has 0 radical (unpaired) electrons. The molecule has 0 aromatic rings. The van der Waals surface area contributed by atoms with Crippen molar-refractivity contribution in [2.24, 2.45) is 0 Å². The normalized spacial score (nSPS) is 12.3. The van der Waals surface area contributed by atoms with E-state index in [2.05, 4.69) is 63.3 Å². The van der Waals surface area contributed by atoms with E-state index in [1.54, 1.807) is 0 Å². The van der Waals surface area contributed by atoms with Crippen molar-refractivity contribution in [1.29, 1.82) is 0 Å². The molecule has 0 saturated heterocycles. The number of ether oxygens (including phenoxy) is 3. The first-order valence-electron chi connectivity index (χ1n) is 31.1. The monoisotopic (exact) mass is 995 g/mol. The Kier molecular flexibility index (Phi) is 57.7. The molecule has 0 fully saturated rings. The molecule has 414 valence electrons. The molecule has 0 saturated carbocycles. The highest BCUT2D eigenvalue weighted by molar-refractivity contribution is 5.71. The third kappa shape index (κ3) is 58.1. The van der Waals surface area contributed by atoms with Crippen molar-refractivity contribution in [3.63, 3.8) is 0 Å². The van der Waals surface area contributed by atoms with Gasteiger partial charge in [-0.15, -0.1) is 0 Å². The molecule has 71 heavy (non-hydrogen) atoms. The summed E-state index contributed by atoms with van der Waals surface area (Å²) in [5.41, 5.74) is 0. The minimum Gasteiger partial charge on any atom is -0.462 e. The second-order valence-electron chi connectivity index (χ2n) is 21.0. The minimum atomic E-state index is -0.807. The van der Waals surface area contributed by atoms with E-state index < -0.39 is 6.10 Å². The van der Waals surface area contributed by atoms with Gasteiger partial charge in [0.1, 0.15) is 13.2 Å². The summed E-state index contributed by atoms with van der Waals surface area (Å²) in [6.45, 7) is 6.49. The number of unbranched alkanes of at least 4 members (excludes halogenated alkanes) is 38. The van der Waals surface area contributed by atoms with Crippen LogP contribution in [0.1, 0.15) is 329 Å². The van der Waals surface area contributed by atoms with Gasteiger partial charge in [0.05, 0.1) is 0 Å². The molecular formula is C65H118O6. The van der Waals surface area contributed by atoms with Crippen molar-refractivity contribution in [2.45, 2.75) is 335 Å². The van der Waals surface area contributed by atoms with Crippen LogP contribution in [-0.4, -0.2) is 37.2 Å². The van der Waals surface area contributed by atoms with Crippen molar-refractivity contribution in [3.8, 4) is 0 Å². The van der Waals surface area contributed by atoms with E-state index in [4.69, 9.17) is 14.2 Å². The van der Waals surface area contributed by atoms with Gasteiger partial charge in [0.25, 0.3) is 0 Å². The van der Waals surface area contributed by atoms with Crippen molar-refractivity contribution >= 4 is 17.9 Å². The molecule has 0 spiro atoms. The van der Waals surface area contributed by atoms with Gasteiger partial charge < -0.3 is 14.2 Å². The molecule has 0 aromatic heterocycles. The zero-order chi connectivity index (χ0) is 51.4. The maximum absolute atomic E-state index is 12.8. The van der Waals surface area contributed by atoms with Crippen molar-refractivity contribution in [3.05, 3.63) is 48.6 Å². The Balaban J connectivity index is 4.08. The molecule has 0 aliphatic rings. The fourth-order valence-electron chi connectivity index (χ4n) is 9.22. The van der Waals surface area contributed by atoms with E-state index in [0.29, 0.717) is 19.3 Å². The number of hydrogen-bond acceptors (Lipinski definition) is 6. The standard InChI is InChI=1S/C65H118O6/c1-4-7-10-13-16-19-22-24-25-26-27-28-29-30-31-32-33-34-35-36-37-38-39-40-42-43-46-49-52-55-58-64(67)70-61-62(60-69-63(66)57-54-51-48-45-21-18-15-12-9-6-3)71-65(68)59-56-53-50-47-44-41-23-20-17-14-11-8-5-2/h8,11,17,20,41,44,50,53,62H,4-7,9-10,12-16,18-19,21-40,42-43,45-49,51-52,54-61H2,1-3H3/b11-8-,20-17-,44-41-,53-50-. The zero-order valence-electron chi connectivity index (χ0n) is 47.5. The van der Waals surface area contributed by atoms with Gasteiger partial charge in [-0.25, -0.2) is 0 Å². The highest BCUT2D eigenvalue weighted by atomic mass is 16.6. The van der Waals surface area contributed by atoms with Crippen LogP contribution >= 0.6 is 0 Å². The lowest BCUT2D eigenvalue weighted by Crippen LogP contribution is -2.30. The van der Waals surface area contributed by atoms with Gasteiger partial charge in [-0.3, -0.25) is 14.4 Å². The molecule has 6 heteroatoms. The first-order valence-corrected chi connectivity index (χ1v) is 31.1. The van der Waals surface area contributed by atoms with Crippen molar-refractivity contribution in [2.75, 3.05) is 13.2 Å². The van der Waals surface area contributed by atoms with E-state index >= 15 is 0 Å². The third-order valence-electron chi connectivity index (χ3n) is 13.9. The second kappa shape index (κ2) is 59.9. The molecule has 0 amide bonds. The van der Waals surface area contributed by atoms with Gasteiger partial charge in [-0.1, -0.05) is 313 Å². The number of allylic oxidation sites excluding steroid dienone is 8. The molecule has 0 bridgehead atoms. The Morgan fingerprint density at radius 3 is 0.831 bits per heavy atom. The summed E-state index contributed by atoms with van der Waals surface area (Å²) in [6.07, 6.45) is 74.6. The fraction of sp³-hybridized carbons (Fsp3) is 0.831. The first-order chi connectivity index (χ1) is 35.0. The van der Waals surface area contributed by atoms with Crippen LogP contribution in [-0.2, 0) is 28.6 Å². The molecule has 1 atom stereocenters. The molecule has 0 N–H and O–H groups in total. The van der Waals surface area contributed by atoms with Gasteiger partial charge in [0, 0.05) is 19.3 Å². The van der Waals surface area contributed by atoms with Crippen molar-refractivity contribution < 1.29 is 28.6 Å². The quantitative estimate of drug-likeness (QED) is 0.0261. The number of rotatable bonds is 57. The highest BCUT2D eigenvalue weighted by Crippen LogP contribution is 2.18. The largest absolute Gasteiger partial charge is 0.462 e. The van der Waals surface area contributed by atoms with Gasteiger partial charge in [0.2, 0.25) is 0 Å². The highest BCUT2D eigenvalue weighted by Gasteiger charge is 2.19. The van der Waals surface area contributed by atoms with Crippen LogP contribution in [0.5, 0.6) is 0 Å². The lowest BCUT2D eigenvalue weighted by Gasteiger charge is -2.18. The Labute approximate surface area is 441 Å². The summed E-state index contributed by atoms with van der Waals surface area (Å²) in [7, 11) is 0. The summed E-state index contributed by atoms with van der Waals surface area (Å²) in [5, 5.41) is 0. The van der Waals surface area contributed by atoms with Gasteiger partial charge >= 0.3 is 17.9 Å². The average Bonchev–Trinajstić information content (AvgIpc) is 3.37. The Morgan fingerprint density at radius 2 is 0.549 bits per heavy atom. The topological polar surface area (TPSA) is 78.9 Å². The van der Waals surface area contributed by atoms with Crippen LogP contribution in [0.4, 0.5) is 0 Å². The Bertz CT molecular complexity index is 1230. The van der Waals surface area contributed by atoms with Crippen LogP contribution in [0.3, 0.4) is 0 Å². The molecule has 0 rings (SSSR count). The molecule has 0 aliphatic heterocycles. The molecule has 0 aliphatic carbocycles. The number of carbonyl (C=O) groups excluding carboxylic acids is 3. The molecule has 6 nitrogen and oxygen atoms in total. The summed E-state index contributed by atoms with van der Waals surface area (Å²) >= 11 is 0. The van der Waals surface area contributed by atoms with Gasteiger partial charge in [0.15, 0.2) is 6.10 Å². The number of hydrogen-bond donors (Lipinski definition) is 0. The fourth-order valence-corrected chi connectivity index (χ4v) is 9.22. The maximum Gasteiger partial charge on any atom is 0.306 e. The summed E-state index contributed by atoms with van der Waals surface area (Å²) in [5.74, 6) is -0.967. The first kappa shape index (κ1) is 68.4. The van der Waals surface area contributed by atoms with E-state index in [1.807, 2.05) is 6.08 Å². The van der Waals surface area contributed by atoms with Crippen LogP contribution in [0.15, 0.2) is 48.6 Å². The van der Waals surface area contributed by atoms with Crippen LogP contribution in [0.2, 0.25) is 0 Å². The predicted octanol–water partition coefficient (Wildman–Crippen LogP) is 21.0. The molecule has 0 aromatic carbocycles. The maximum atomic E-state index is 12.8.